The summed E-state index contributed by atoms with van der Waals surface area (Å²) in [6.07, 6.45) is 5.46. The maximum absolute atomic E-state index is 12.2. The number of amides is 2. The Bertz CT molecular complexity index is 684. The smallest absolute Gasteiger partial charge is 0.319 e. The van der Waals surface area contributed by atoms with Crippen LogP contribution in [0.15, 0.2) is 36.5 Å². The number of anilines is 1. The van der Waals surface area contributed by atoms with Gasteiger partial charge in [-0.25, -0.2) is 4.79 Å². The van der Waals surface area contributed by atoms with Crippen LogP contribution >= 0.6 is 0 Å². The fourth-order valence-corrected chi connectivity index (χ4v) is 3.21. The number of urea groups is 1. The molecule has 2 unspecified atom stereocenters. The van der Waals surface area contributed by atoms with Crippen LogP contribution in [0.1, 0.15) is 25.7 Å². The van der Waals surface area contributed by atoms with E-state index in [4.69, 9.17) is 0 Å². The number of aromatic nitrogens is 2. The fourth-order valence-electron chi connectivity index (χ4n) is 3.21. The van der Waals surface area contributed by atoms with E-state index in [1.54, 1.807) is 10.9 Å². The summed E-state index contributed by atoms with van der Waals surface area (Å²) in [6, 6.07) is 9.49. The summed E-state index contributed by atoms with van der Waals surface area (Å²) in [5, 5.41) is 20.2. The Kier molecular flexibility index (Phi) is 5.15. The highest BCUT2D eigenvalue weighted by Crippen LogP contribution is 2.26. The summed E-state index contributed by atoms with van der Waals surface area (Å²) in [5.41, 5.74) is 2.37. The summed E-state index contributed by atoms with van der Waals surface area (Å²) in [6.45, 7) is 0.494. The molecule has 1 fully saturated rings. The molecule has 3 N–H and O–H groups in total. The lowest BCUT2D eigenvalue weighted by molar-refractivity contribution is 0.0712. The first-order valence-corrected chi connectivity index (χ1v) is 8.45. The maximum Gasteiger partial charge on any atom is 0.319 e. The number of benzene rings is 1. The van der Waals surface area contributed by atoms with Gasteiger partial charge in [0.25, 0.3) is 0 Å². The molecule has 3 rings (SSSR count). The predicted octanol–water partition coefficient (Wildman–Crippen LogP) is 2.76. The number of aryl methyl sites for hydroxylation is 1. The van der Waals surface area contributed by atoms with Crippen LogP contribution in [0.2, 0.25) is 0 Å². The molecular weight excluding hydrogens is 304 g/mol. The van der Waals surface area contributed by atoms with Crippen molar-refractivity contribution in [3.63, 3.8) is 0 Å². The molecule has 1 aromatic heterocycles. The minimum Gasteiger partial charge on any atom is -0.393 e. The summed E-state index contributed by atoms with van der Waals surface area (Å²) in [4.78, 5) is 12.2. The molecule has 0 bridgehead atoms. The van der Waals surface area contributed by atoms with Gasteiger partial charge in [0.2, 0.25) is 0 Å². The monoisotopic (exact) mass is 328 g/mol. The molecule has 24 heavy (non-hydrogen) atoms. The number of carbonyl (C=O) groups is 1. The van der Waals surface area contributed by atoms with Crippen LogP contribution < -0.4 is 10.6 Å². The lowest BCUT2D eigenvalue weighted by Gasteiger charge is -2.27. The third-order valence-electron chi connectivity index (χ3n) is 4.52. The van der Waals surface area contributed by atoms with Crippen molar-refractivity contribution in [2.45, 2.75) is 31.8 Å². The van der Waals surface area contributed by atoms with Gasteiger partial charge in [-0.15, -0.1) is 0 Å². The number of hydrogen-bond donors (Lipinski definition) is 3. The molecule has 1 aromatic carbocycles. The zero-order valence-electron chi connectivity index (χ0n) is 13.9. The van der Waals surface area contributed by atoms with Crippen molar-refractivity contribution < 1.29 is 9.90 Å². The van der Waals surface area contributed by atoms with Crippen molar-refractivity contribution in [3.8, 4) is 11.3 Å². The number of nitrogens with one attached hydrogen (secondary N) is 2. The van der Waals surface area contributed by atoms with Gasteiger partial charge in [0, 0.05) is 31.3 Å². The highest BCUT2D eigenvalue weighted by Gasteiger charge is 2.23. The summed E-state index contributed by atoms with van der Waals surface area (Å²) < 4.78 is 1.68. The van der Waals surface area contributed by atoms with Gasteiger partial charge in [-0.3, -0.25) is 4.68 Å². The first-order chi connectivity index (χ1) is 11.6. The maximum atomic E-state index is 12.2. The Balaban J connectivity index is 1.62. The Labute approximate surface area is 141 Å². The Morgan fingerprint density at radius 3 is 2.79 bits per heavy atom. The molecule has 1 aliphatic rings. The van der Waals surface area contributed by atoms with Crippen LogP contribution in [0.25, 0.3) is 11.3 Å². The van der Waals surface area contributed by atoms with Gasteiger partial charge in [0.05, 0.1) is 11.8 Å². The number of aliphatic hydroxyl groups excluding tert-OH is 1. The van der Waals surface area contributed by atoms with Gasteiger partial charge in [-0.05, 0) is 12.8 Å². The number of aliphatic hydroxyl groups is 1. The third-order valence-corrected chi connectivity index (χ3v) is 4.52. The van der Waals surface area contributed by atoms with Crippen molar-refractivity contribution in [1.29, 1.82) is 0 Å². The van der Waals surface area contributed by atoms with Crippen molar-refractivity contribution in [2.75, 3.05) is 11.9 Å². The highest BCUT2D eigenvalue weighted by molar-refractivity contribution is 5.93. The van der Waals surface area contributed by atoms with E-state index in [-0.39, 0.29) is 18.1 Å². The third kappa shape index (κ3) is 3.94. The largest absolute Gasteiger partial charge is 0.393 e. The molecule has 1 saturated carbocycles. The Hall–Kier alpha value is -2.34. The van der Waals surface area contributed by atoms with E-state index in [2.05, 4.69) is 15.7 Å². The SMILES string of the molecule is Cn1cc(NC(=O)NCC2CCCCC2O)c(-c2ccccc2)n1. The molecule has 0 saturated heterocycles. The van der Waals surface area contributed by atoms with Crippen LogP contribution in [0.5, 0.6) is 0 Å². The quantitative estimate of drug-likeness (QED) is 0.807. The van der Waals surface area contributed by atoms with Crippen molar-refractivity contribution in [1.82, 2.24) is 15.1 Å². The van der Waals surface area contributed by atoms with Crippen LogP contribution in [0, 0.1) is 5.92 Å². The number of rotatable bonds is 4. The average Bonchev–Trinajstić information content (AvgIpc) is 2.95. The molecule has 2 amide bonds. The molecule has 0 spiro atoms. The van der Waals surface area contributed by atoms with Gasteiger partial charge >= 0.3 is 6.03 Å². The number of carbonyl (C=O) groups excluding carboxylic acids is 1. The molecule has 1 aliphatic carbocycles. The summed E-state index contributed by atoms with van der Waals surface area (Å²) >= 11 is 0. The molecule has 2 aromatic rings. The fraction of sp³-hybridized carbons (Fsp3) is 0.444. The second-order valence-electron chi connectivity index (χ2n) is 6.38. The molecule has 6 heteroatoms. The second-order valence-corrected chi connectivity index (χ2v) is 6.38. The van der Waals surface area contributed by atoms with Crippen molar-refractivity contribution in [2.24, 2.45) is 13.0 Å². The molecule has 1 heterocycles. The van der Waals surface area contributed by atoms with Crippen LogP contribution in [-0.2, 0) is 7.05 Å². The molecule has 0 radical (unpaired) electrons. The van der Waals surface area contributed by atoms with Crippen molar-refractivity contribution >= 4 is 11.7 Å². The van der Waals surface area contributed by atoms with Crippen LogP contribution in [0.4, 0.5) is 10.5 Å². The molecule has 128 valence electrons. The first-order valence-electron chi connectivity index (χ1n) is 8.45. The Morgan fingerprint density at radius 2 is 2.04 bits per heavy atom. The van der Waals surface area contributed by atoms with Crippen LogP contribution in [-0.4, -0.2) is 33.6 Å². The topological polar surface area (TPSA) is 79.2 Å². The van der Waals surface area contributed by atoms with Crippen molar-refractivity contribution in [3.05, 3.63) is 36.5 Å². The Morgan fingerprint density at radius 1 is 1.29 bits per heavy atom. The van der Waals surface area contributed by atoms with E-state index in [9.17, 15) is 9.90 Å². The van der Waals surface area contributed by atoms with Gasteiger partial charge in [-0.2, -0.15) is 5.10 Å². The zero-order chi connectivity index (χ0) is 16.9. The lowest BCUT2D eigenvalue weighted by Crippen LogP contribution is -2.38. The molecule has 2 atom stereocenters. The van der Waals surface area contributed by atoms with E-state index in [1.165, 1.54) is 0 Å². The summed E-state index contributed by atoms with van der Waals surface area (Å²) in [5.74, 6) is 0.145. The van der Waals surface area contributed by atoms with Crippen LogP contribution in [0.3, 0.4) is 0 Å². The molecular formula is C18H24N4O2. The summed E-state index contributed by atoms with van der Waals surface area (Å²) in [7, 11) is 1.83. The highest BCUT2D eigenvalue weighted by atomic mass is 16.3. The van der Waals surface area contributed by atoms with Gasteiger partial charge in [0.15, 0.2) is 0 Å². The molecule has 6 nitrogen and oxygen atoms in total. The van der Waals surface area contributed by atoms with E-state index in [0.717, 1.165) is 36.9 Å². The predicted molar refractivity (Wildman–Crippen MR) is 93.6 cm³/mol. The normalized spacial score (nSPS) is 20.6. The minimum absolute atomic E-state index is 0.145. The average molecular weight is 328 g/mol. The van der Waals surface area contributed by atoms with Gasteiger partial charge < -0.3 is 15.7 Å². The van der Waals surface area contributed by atoms with Gasteiger partial charge in [0.1, 0.15) is 5.69 Å². The van der Waals surface area contributed by atoms with E-state index < -0.39 is 0 Å². The van der Waals surface area contributed by atoms with E-state index in [1.807, 2.05) is 37.4 Å². The van der Waals surface area contributed by atoms with E-state index in [0.29, 0.717) is 12.2 Å². The second kappa shape index (κ2) is 7.49. The zero-order valence-corrected chi connectivity index (χ0v) is 13.9. The van der Waals surface area contributed by atoms with E-state index >= 15 is 0 Å². The number of nitrogens with zero attached hydrogens (tertiary/aromatic N) is 2. The molecule has 0 aliphatic heterocycles. The van der Waals surface area contributed by atoms with Gasteiger partial charge in [-0.1, -0.05) is 43.2 Å². The number of hydrogen-bond acceptors (Lipinski definition) is 3. The first kappa shape index (κ1) is 16.5. The lowest BCUT2D eigenvalue weighted by atomic mass is 9.86. The standard InChI is InChI=1S/C18H24N4O2/c1-22-12-15(17(21-22)13-7-3-2-4-8-13)20-18(24)19-11-14-9-5-6-10-16(14)23/h2-4,7-8,12,14,16,23H,5-6,9-11H2,1H3,(H2,19,20,24). The minimum atomic E-state index is -0.308.